The van der Waals surface area contributed by atoms with E-state index < -0.39 is 22.8 Å². The zero-order valence-electron chi connectivity index (χ0n) is 33.7. The topological polar surface area (TPSA) is 96.8 Å². The van der Waals surface area contributed by atoms with Gasteiger partial charge >= 0.3 is 12.2 Å². The third-order valence-electron chi connectivity index (χ3n) is 11.6. The summed E-state index contributed by atoms with van der Waals surface area (Å²) in [4.78, 5) is 47.6. The van der Waals surface area contributed by atoms with Crippen molar-refractivity contribution in [3.8, 4) is 5.75 Å². The first-order valence-electron chi connectivity index (χ1n) is 19.3. The number of amides is 2. The average Bonchev–Trinajstić information content (AvgIpc) is 3.36. The zero-order chi connectivity index (χ0) is 40.0. The van der Waals surface area contributed by atoms with Gasteiger partial charge in [-0.15, -0.1) is 5.06 Å². The molecule has 3 aromatic rings. The van der Waals surface area contributed by atoms with Crippen molar-refractivity contribution in [3.63, 3.8) is 0 Å². The Bertz CT molecular complexity index is 1910. The molecule has 12 heteroatoms. The summed E-state index contributed by atoms with van der Waals surface area (Å²) in [5.41, 5.74) is 0.493. The number of rotatable bonds is 6. The number of likely N-dealkylation sites (tertiary alicyclic amines) is 1. The number of amidine groups is 1. The van der Waals surface area contributed by atoms with E-state index in [-0.39, 0.29) is 16.9 Å². The summed E-state index contributed by atoms with van der Waals surface area (Å²) >= 11 is 12.9. The van der Waals surface area contributed by atoms with E-state index in [0.717, 1.165) is 42.5 Å². The van der Waals surface area contributed by atoms with Crippen molar-refractivity contribution >= 4 is 41.2 Å². The molecule has 55 heavy (non-hydrogen) atoms. The summed E-state index contributed by atoms with van der Waals surface area (Å²) in [5, 5.41) is 2.91. The summed E-state index contributed by atoms with van der Waals surface area (Å²) in [7, 11) is 0. The first kappa shape index (κ1) is 40.8. The Kier molecular flexibility index (Phi) is 11.3. The molecule has 1 aromatic heterocycles. The fourth-order valence-corrected chi connectivity index (χ4v) is 8.35. The van der Waals surface area contributed by atoms with Gasteiger partial charge in [0.05, 0.1) is 12.2 Å². The van der Waals surface area contributed by atoms with Crippen LogP contribution in [0, 0.1) is 5.41 Å². The molecule has 4 heterocycles. The van der Waals surface area contributed by atoms with Gasteiger partial charge in [0.2, 0.25) is 0 Å². The minimum Gasteiger partial charge on any atom is -0.493 e. The molecule has 2 amide bonds. The highest BCUT2D eigenvalue weighted by atomic mass is 35.5. The minimum absolute atomic E-state index is 0.0403. The van der Waals surface area contributed by atoms with Crippen molar-refractivity contribution in [2.24, 2.45) is 10.4 Å². The monoisotopic (exact) mass is 791 g/mol. The molecule has 0 radical (unpaired) electrons. The molecule has 2 aromatic carbocycles. The Hall–Kier alpha value is -3.86. The Labute approximate surface area is 336 Å². The molecule has 2 fully saturated rings. The molecule has 3 aliphatic heterocycles. The summed E-state index contributed by atoms with van der Waals surface area (Å²) in [6.07, 6.45) is 4.49. The first-order valence-corrected chi connectivity index (χ1v) is 20.0. The zero-order valence-corrected chi connectivity index (χ0v) is 35.2. The summed E-state index contributed by atoms with van der Waals surface area (Å²) in [6.45, 7) is 20.7. The summed E-state index contributed by atoms with van der Waals surface area (Å²) in [6, 6.07) is 17.2. The van der Waals surface area contributed by atoms with E-state index >= 15 is 4.79 Å². The molecule has 2 atom stereocenters. The molecule has 0 saturated carbocycles. The number of benzene rings is 2. The van der Waals surface area contributed by atoms with E-state index in [4.69, 9.17) is 47.5 Å². The quantitative estimate of drug-likeness (QED) is 0.229. The molecule has 0 N–H and O–H groups in total. The maximum Gasteiger partial charge on any atom is 0.528 e. The number of hydrogen-bond acceptors (Lipinski definition) is 8. The van der Waals surface area contributed by atoms with Crippen molar-refractivity contribution in [1.29, 1.82) is 0 Å². The highest BCUT2D eigenvalue weighted by Gasteiger charge is 2.60. The molecule has 3 aliphatic rings. The van der Waals surface area contributed by atoms with E-state index in [1.54, 1.807) is 11.3 Å². The largest absolute Gasteiger partial charge is 0.528 e. The van der Waals surface area contributed by atoms with E-state index in [0.29, 0.717) is 60.0 Å². The predicted octanol–water partition coefficient (Wildman–Crippen LogP) is 10.1. The van der Waals surface area contributed by atoms with Gasteiger partial charge in [0.15, 0.2) is 0 Å². The van der Waals surface area contributed by atoms with E-state index in [2.05, 4.69) is 34.6 Å². The van der Waals surface area contributed by atoms with Crippen molar-refractivity contribution in [2.75, 3.05) is 32.8 Å². The molecular weight excluding hydrogens is 737 g/mol. The number of ether oxygens (including phenoxy) is 2. The first-order chi connectivity index (χ1) is 25.8. The highest BCUT2D eigenvalue weighted by molar-refractivity contribution is 6.30. The molecule has 1 spiro atoms. The third-order valence-corrected chi connectivity index (χ3v) is 12.1. The van der Waals surface area contributed by atoms with E-state index in [9.17, 15) is 4.79 Å². The number of hydrogen-bond donors (Lipinski definition) is 0. The molecular formula is C43H55Cl2N5O5. The van der Waals surface area contributed by atoms with Crippen LogP contribution in [-0.4, -0.2) is 76.3 Å². The normalized spacial score (nSPS) is 23.1. The molecule has 6 rings (SSSR count). The molecule has 296 valence electrons. The predicted molar refractivity (Wildman–Crippen MR) is 217 cm³/mol. The van der Waals surface area contributed by atoms with Gasteiger partial charge in [-0.2, -0.15) is 0 Å². The number of carbonyl (C=O) groups excluding carboxylic acids is 2. The van der Waals surface area contributed by atoms with Gasteiger partial charge in [-0.1, -0.05) is 68.2 Å². The number of aromatic nitrogens is 1. The lowest BCUT2D eigenvalue weighted by molar-refractivity contribution is -0.167. The van der Waals surface area contributed by atoms with Crippen LogP contribution in [0.5, 0.6) is 5.75 Å². The maximum absolute atomic E-state index is 15.5. The van der Waals surface area contributed by atoms with Gasteiger partial charge in [0.1, 0.15) is 28.3 Å². The van der Waals surface area contributed by atoms with Gasteiger partial charge < -0.3 is 19.2 Å². The lowest BCUT2D eigenvalue weighted by Gasteiger charge is -2.49. The van der Waals surface area contributed by atoms with Crippen molar-refractivity contribution < 1.29 is 23.9 Å². The standard InChI is InChI=1S/C43H55Cl2N5O5/c1-10-53-34-27-35(39(2,3)4)46-28-33(34)36-47-41(8,29-11-15-31(44)16-12-29)42(9,30-13-17-32(45)18-14-30)50(36)37(51)48-23-19-43(20-24-48)21-25-49(26-22-43)55-38(52)54-40(5,6)7/h11-18,27-28H,10,19-26H2,1-9H3/t41-,42+/m0/s1. The Balaban J connectivity index is 1.37. The van der Waals surface area contributed by atoms with Crippen LogP contribution in [0.2, 0.25) is 10.0 Å². The molecule has 0 bridgehead atoms. The Morgan fingerprint density at radius 2 is 1.36 bits per heavy atom. The number of carbonyl (C=O) groups is 2. The van der Waals surface area contributed by atoms with Crippen LogP contribution in [0.3, 0.4) is 0 Å². The minimum atomic E-state index is -1.02. The number of urea groups is 1. The van der Waals surface area contributed by atoms with Crippen LogP contribution >= 0.6 is 23.2 Å². The number of piperidine rings is 2. The van der Waals surface area contributed by atoms with Crippen LogP contribution in [0.25, 0.3) is 0 Å². The SMILES string of the molecule is CCOc1cc(C(C)(C)C)ncc1C1=N[C@@](C)(c2ccc(Cl)cc2)[C@@](C)(c2ccc(Cl)cc2)N1C(=O)N1CCC2(CCN(OC(=O)OC(C)(C)C)CC2)CC1. The number of hydroxylamine groups is 2. The third kappa shape index (κ3) is 8.19. The second-order valence-electron chi connectivity index (χ2n) is 17.4. The van der Waals surface area contributed by atoms with Gasteiger partial charge in [-0.05, 0) is 108 Å². The van der Waals surface area contributed by atoms with Gasteiger partial charge in [0, 0.05) is 59.6 Å². The van der Waals surface area contributed by atoms with Crippen molar-refractivity contribution in [3.05, 3.63) is 93.2 Å². The lowest BCUT2D eigenvalue weighted by Crippen LogP contribution is -2.60. The van der Waals surface area contributed by atoms with Crippen LogP contribution in [-0.2, 0) is 26.1 Å². The Morgan fingerprint density at radius 1 is 0.818 bits per heavy atom. The van der Waals surface area contributed by atoms with Crippen molar-refractivity contribution in [2.45, 2.75) is 110 Å². The number of nitrogens with zero attached hydrogens (tertiary/aromatic N) is 5. The lowest BCUT2D eigenvalue weighted by atomic mass is 9.70. The highest BCUT2D eigenvalue weighted by Crippen LogP contribution is 2.54. The van der Waals surface area contributed by atoms with Gasteiger partial charge in [-0.3, -0.25) is 14.9 Å². The van der Waals surface area contributed by atoms with E-state index in [1.807, 2.05) is 92.1 Å². The number of pyridine rings is 1. The summed E-state index contributed by atoms with van der Waals surface area (Å²) in [5.74, 6) is 1.11. The fourth-order valence-electron chi connectivity index (χ4n) is 8.10. The number of aliphatic imine (C=N–C) groups is 1. The molecule has 10 nitrogen and oxygen atoms in total. The molecule has 2 saturated heterocycles. The van der Waals surface area contributed by atoms with Gasteiger partial charge in [-0.25, -0.2) is 9.59 Å². The second kappa shape index (κ2) is 15.2. The smallest absolute Gasteiger partial charge is 0.493 e. The van der Waals surface area contributed by atoms with E-state index in [1.165, 1.54) is 0 Å². The fraction of sp³-hybridized carbons (Fsp3) is 0.535. The maximum atomic E-state index is 15.5. The average molecular weight is 793 g/mol. The molecule has 0 aliphatic carbocycles. The Morgan fingerprint density at radius 3 is 1.89 bits per heavy atom. The van der Waals surface area contributed by atoms with Crippen LogP contribution in [0.1, 0.15) is 110 Å². The molecule has 0 unspecified atom stereocenters. The van der Waals surface area contributed by atoms with Crippen LogP contribution in [0.4, 0.5) is 9.59 Å². The van der Waals surface area contributed by atoms with Gasteiger partial charge in [0.25, 0.3) is 0 Å². The van der Waals surface area contributed by atoms with Crippen molar-refractivity contribution in [1.82, 2.24) is 19.8 Å². The number of halogens is 2. The second-order valence-corrected chi connectivity index (χ2v) is 18.3. The van der Waals surface area contributed by atoms with Crippen LogP contribution < -0.4 is 4.74 Å². The van der Waals surface area contributed by atoms with Crippen LogP contribution in [0.15, 0.2) is 65.8 Å². The summed E-state index contributed by atoms with van der Waals surface area (Å²) < 4.78 is 11.7.